The zero-order valence-corrected chi connectivity index (χ0v) is 15.3. The lowest BCUT2D eigenvalue weighted by atomic mass is 10.1. The van der Waals surface area contributed by atoms with Crippen molar-refractivity contribution >= 4 is 11.6 Å². The van der Waals surface area contributed by atoms with E-state index in [1.807, 2.05) is 36.9 Å². The molecule has 5 heteroatoms. The highest BCUT2D eigenvalue weighted by atomic mass is 19.1. The first kappa shape index (κ1) is 18.2. The minimum atomic E-state index is -0.280. The Morgan fingerprint density at radius 2 is 1.69 bits per heavy atom. The van der Waals surface area contributed by atoms with Crippen molar-refractivity contribution in [2.24, 2.45) is 0 Å². The maximum absolute atomic E-state index is 13.0. The maximum Gasteiger partial charge on any atom is 0.227 e. The van der Waals surface area contributed by atoms with Gasteiger partial charge in [-0.05, 0) is 43.7 Å². The highest BCUT2D eigenvalue weighted by molar-refractivity contribution is 5.79. The number of anilines is 1. The fraction of sp³-hybridized carbons (Fsp3) is 0.381. The van der Waals surface area contributed by atoms with Gasteiger partial charge in [-0.1, -0.05) is 24.3 Å². The van der Waals surface area contributed by atoms with Gasteiger partial charge in [-0.15, -0.1) is 0 Å². The molecule has 1 fully saturated rings. The van der Waals surface area contributed by atoms with Crippen LogP contribution in [-0.4, -0.2) is 43.1 Å². The Labute approximate surface area is 154 Å². The average molecular weight is 356 g/mol. The Morgan fingerprint density at radius 1 is 1.04 bits per heavy atom. The third kappa shape index (κ3) is 4.54. The third-order valence-electron chi connectivity index (χ3n) is 4.47. The summed E-state index contributed by atoms with van der Waals surface area (Å²) in [5.74, 6) is 0.689. The highest BCUT2D eigenvalue weighted by Crippen LogP contribution is 2.29. The second-order valence-corrected chi connectivity index (χ2v) is 6.81. The number of ether oxygens (including phenoxy) is 1. The Hall–Kier alpha value is -2.56. The van der Waals surface area contributed by atoms with Gasteiger partial charge in [-0.25, -0.2) is 4.39 Å². The fourth-order valence-corrected chi connectivity index (χ4v) is 3.16. The molecule has 138 valence electrons. The zero-order valence-electron chi connectivity index (χ0n) is 15.3. The molecule has 4 nitrogen and oxygen atoms in total. The van der Waals surface area contributed by atoms with E-state index in [0.717, 1.165) is 30.1 Å². The van der Waals surface area contributed by atoms with E-state index >= 15 is 0 Å². The number of piperazine rings is 1. The lowest BCUT2D eigenvalue weighted by Gasteiger charge is -2.37. The Kier molecular flexibility index (Phi) is 5.76. The van der Waals surface area contributed by atoms with Gasteiger partial charge < -0.3 is 14.5 Å². The van der Waals surface area contributed by atoms with Crippen LogP contribution in [0.25, 0.3) is 0 Å². The first-order chi connectivity index (χ1) is 12.5. The molecule has 1 saturated heterocycles. The maximum atomic E-state index is 13.0. The van der Waals surface area contributed by atoms with E-state index < -0.39 is 0 Å². The molecule has 3 rings (SSSR count). The summed E-state index contributed by atoms with van der Waals surface area (Å²) < 4.78 is 18.9. The molecule has 0 saturated carbocycles. The van der Waals surface area contributed by atoms with E-state index in [4.69, 9.17) is 4.74 Å². The first-order valence-corrected chi connectivity index (χ1v) is 9.06. The fourth-order valence-electron chi connectivity index (χ4n) is 3.16. The Bertz CT molecular complexity index is 738. The van der Waals surface area contributed by atoms with Crippen LogP contribution in [0.15, 0.2) is 48.5 Å². The molecule has 1 aliphatic rings. The van der Waals surface area contributed by atoms with E-state index in [-0.39, 0.29) is 17.8 Å². The number of benzene rings is 2. The van der Waals surface area contributed by atoms with Crippen LogP contribution in [-0.2, 0) is 11.2 Å². The summed E-state index contributed by atoms with van der Waals surface area (Å²) in [4.78, 5) is 16.6. The summed E-state index contributed by atoms with van der Waals surface area (Å²) in [7, 11) is 0. The minimum absolute atomic E-state index is 0.0861. The first-order valence-electron chi connectivity index (χ1n) is 9.06. The molecular weight excluding hydrogens is 331 g/mol. The van der Waals surface area contributed by atoms with Crippen molar-refractivity contribution in [2.45, 2.75) is 26.4 Å². The van der Waals surface area contributed by atoms with Gasteiger partial charge in [0.15, 0.2) is 0 Å². The number of nitrogens with zero attached hydrogens (tertiary/aromatic N) is 2. The van der Waals surface area contributed by atoms with Crippen LogP contribution in [0.4, 0.5) is 10.1 Å². The van der Waals surface area contributed by atoms with Gasteiger partial charge in [0.2, 0.25) is 5.91 Å². The van der Waals surface area contributed by atoms with Crippen molar-refractivity contribution in [1.29, 1.82) is 0 Å². The molecule has 26 heavy (non-hydrogen) atoms. The average Bonchev–Trinajstić information content (AvgIpc) is 2.64. The van der Waals surface area contributed by atoms with Gasteiger partial charge in [-0.2, -0.15) is 0 Å². The monoisotopic (exact) mass is 356 g/mol. The number of carbonyl (C=O) groups is 1. The summed E-state index contributed by atoms with van der Waals surface area (Å²) in [5.41, 5.74) is 1.92. The Morgan fingerprint density at radius 3 is 2.35 bits per heavy atom. The van der Waals surface area contributed by atoms with Crippen LogP contribution in [0.3, 0.4) is 0 Å². The van der Waals surface area contributed by atoms with E-state index in [2.05, 4.69) is 11.0 Å². The molecule has 0 N–H and O–H groups in total. The predicted octanol–water partition coefficient (Wildman–Crippen LogP) is 3.50. The summed E-state index contributed by atoms with van der Waals surface area (Å²) >= 11 is 0. The molecule has 0 unspecified atom stereocenters. The molecule has 2 aromatic carbocycles. The van der Waals surface area contributed by atoms with Gasteiger partial charge in [0.25, 0.3) is 0 Å². The van der Waals surface area contributed by atoms with Crippen LogP contribution < -0.4 is 9.64 Å². The highest BCUT2D eigenvalue weighted by Gasteiger charge is 2.23. The number of amides is 1. The van der Waals surface area contributed by atoms with Gasteiger partial charge in [0, 0.05) is 26.2 Å². The topological polar surface area (TPSA) is 32.8 Å². The van der Waals surface area contributed by atoms with Crippen molar-refractivity contribution in [2.75, 3.05) is 31.1 Å². The number of para-hydroxylation sites is 2. The molecule has 0 spiro atoms. The summed E-state index contributed by atoms with van der Waals surface area (Å²) in [6.45, 7) is 6.93. The predicted molar refractivity (Wildman–Crippen MR) is 101 cm³/mol. The smallest absolute Gasteiger partial charge is 0.227 e. The second kappa shape index (κ2) is 8.21. The lowest BCUT2D eigenvalue weighted by molar-refractivity contribution is -0.130. The molecule has 0 atom stereocenters. The van der Waals surface area contributed by atoms with Crippen LogP contribution in [0.5, 0.6) is 5.75 Å². The van der Waals surface area contributed by atoms with E-state index in [1.54, 1.807) is 12.1 Å². The van der Waals surface area contributed by atoms with Crippen molar-refractivity contribution < 1.29 is 13.9 Å². The Balaban J connectivity index is 1.59. The van der Waals surface area contributed by atoms with Crippen molar-refractivity contribution in [3.63, 3.8) is 0 Å². The second-order valence-electron chi connectivity index (χ2n) is 6.81. The van der Waals surface area contributed by atoms with Crippen molar-refractivity contribution in [1.82, 2.24) is 4.90 Å². The SMILES string of the molecule is CC(C)Oc1ccccc1N1CCN(C(=O)Cc2ccc(F)cc2)CC1. The van der Waals surface area contributed by atoms with Gasteiger partial charge >= 0.3 is 0 Å². The van der Waals surface area contributed by atoms with Crippen molar-refractivity contribution in [3.8, 4) is 5.75 Å². The van der Waals surface area contributed by atoms with Gasteiger partial charge in [0.1, 0.15) is 11.6 Å². The normalized spacial score (nSPS) is 14.6. The summed E-state index contributed by atoms with van der Waals surface area (Å²) in [6.07, 6.45) is 0.433. The lowest BCUT2D eigenvalue weighted by Crippen LogP contribution is -2.49. The van der Waals surface area contributed by atoms with Crippen molar-refractivity contribution in [3.05, 3.63) is 59.9 Å². The molecule has 0 aliphatic carbocycles. The molecule has 1 amide bonds. The van der Waals surface area contributed by atoms with E-state index in [9.17, 15) is 9.18 Å². The third-order valence-corrected chi connectivity index (χ3v) is 4.47. The molecule has 0 radical (unpaired) electrons. The summed E-state index contributed by atoms with van der Waals surface area (Å²) in [5, 5.41) is 0. The molecule has 1 aliphatic heterocycles. The van der Waals surface area contributed by atoms with E-state index in [0.29, 0.717) is 19.5 Å². The van der Waals surface area contributed by atoms with Crippen LogP contribution in [0.2, 0.25) is 0 Å². The number of carbonyl (C=O) groups excluding carboxylic acids is 1. The molecule has 1 heterocycles. The number of rotatable bonds is 5. The molecular formula is C21H25FN2O2. The number of hydrogen-bond acceptors (Lipinski definition) is 3. The quantitative estimate of drug-likeness (QED) is 0.822. The van der Waals surface area contributed by atoms with Crippen LogP contribution in [0, 0.1) is 5.82 Å². The van der Waals surface area contributed by atoms with Crippen LogP contribution >= 0.6 is 0 Å². The largest absolute Gasteiger partial charge is 0.489 e. The summed E-state index contributed by atoms with van der Waals surface area (Å²) in [6, 6.07) is 14.2. The van der Waals surface area contributed by atoms with Crippen LogP contribution in [0.1, 0.15) is 19.4 Å². The number of halogens is 1. The molecule has 2 aromatic rings. The van der Waals surface area contributed by atoms with Gasteiger partial charge in [0.05, 0.1) is 18.2 Å². The van der Waals surface area contributed by atoms with E-state index in [1.165, 1.54) is 12.1 Å². The van der Waals surface area contributed by atoms with Gasteiger partial charge in [-0.3, -0.25) is 4.79 Å². The zero-order chi connectivity index (χ0) is 18.5. The number of hydrogen-bond donors (Lipinski definition) is 0. The minimum Gasteiger partial charge on any atom is -0.489 e. The standard InChI is InChI=1S/C21H25FN2O2/c1-16(2)26-20-6-4-3-5-19(20)23-11-13-24(14-12-23)21(25)15-17-7-9-18(22)10-8-17/h3-10,16H,11-15H2,1-2H3. The molecule has 0 bridgehead atoms. The molecule has 0 aromatic heterocycles.